The van der Waals surface area contributed by atoms with Crippen LogP contribution in [0, 0.1) is 0 Å². The Morgan fingerprint density at radius 3 is 2.56 bits per heavy atom. The minimum Gasteiger partial charge on any atom is -0.493 e. The van der Waals surface area contributed by atoms with Gasteiger partial charge in [-0.2, -0.15) is 0 Å². The number of hydrogen-bond donors (Lipinski definition) is 1. The molecule has 0 spiro atoms. The summed E-state index contributed by atoms with van der Waals surface area (Å²) < 4.78 is 22.0. The lowest BCUT2D eigenvalue weighted by Crippen LogP contribution is -2.16. The molecule has 0 radical (unpaired) electrons. The van der Waals surface area contributed by atoms with Gasteiger partial charge in [0.05, 0.1) is 32.5 Å². The molecule has 0 bridgehead atoms. The summed E-state index contributed by atoms with van der Waals surface area (Å²) in [5, 5.41) is 4.04. The quantitative estimate of drug-likeness (QED) is 0.686. The number of rotatable bonds is 7. The first-order chi connectivity index (χ1) is 12.7. The van der Waals surface area contributed by atoms with Crippen molar-refractivity contribution in [1.29, 1.82) is 0 Å². The molecule has 0 saturated heterocycles. The molecular weight excluding hydrogens is 389 g/mol. The van der Waals surface area contributed by atoms with Gasteiger partial charge in [0.1, 0.15) is 0 Å². The molecule has 3 rings (SSSR count). The third-order valence-electron chi connectivity index (χ3n) is 4.23. The maximum atomic E-state index is 6.33. The summed E-state index contributed by atoms with van der Waals surface area (Å²) in [6, 6.07) is 9.91. The Morgan fingerprint density at radius 2 is 1.78 bits per heavy atom. The van der Waals surface area contributed by atoms with Gasteiger partial charge in [-0.05, 0) is 48.4 Å². The van der Waals surface area contributed by atoms with E-state index in [9.17, 15) is 0 Å². The van der Waals surface area contributed by atoms with Crippen molar-refractivity contribution in [2.24, 2.45) is 0 Å². The molecule has 1 heterocycles. The number of methoxy groups -OCH3 is 2. The van der Waals surface area contributed by atoms with Crippen molar-refractivity contribution in [3.63, 3.8) is 0 Å². The summed E-state index contributed by atoms with van der Waals surface area (Å²) in [6.45, 7) is 2.83. The number of benzene rings is 2. The molecule has 0 aliphatic carbocycles. The van der Waals surface area contributed by atoms with Crippen LogP contribution in [0.3, 0.4) is 0 Å². The van der Waals surface area contributed by atoms with Gasteiger partial charge in [0.25, 0.3) is 0 Å². The molecule has 1 aliphatic heterocycles. The summed E-state index contributed by atoms with van der Waals surface area (Å²) in [5.74, 6) is 2.87. The molecule has 1 aliphatic rings. The van der Waals surface area contributed by atoms with E-state index in [1.54, 1.807) is 14.2 Å². The minimum absolute atomic E-state index is 0. The van der Waals surface area contributed by atoms with Gasteiger partial charge in [0, 0.05) is 13.0 Å². The zero-order valence-electron chi connectivity index (χ0n) is 15.5. The van der Waals surface area contributed by atoms with Crippen LogP contribution in [0.2, 0.25) is 5.02 Å². The van der Waals surface area contributed by atoms with Crippen LogP contribution < -0.4 is 24.3 Å². The number of nitrogens with one attached hydrogen (secondary N) is 1. The monoisotopic (exact) mass is 413 g/mol. The van der Waals surface area contributed by atoms with Gasteiger partial charge < -0.3 is 24.3 Å². The van der Waals surface area contributed by atoms with Crippen molar-refractivity contribution in [3.05, 3.63) is 46.5 Å². The maximum absolute atomic E-state index is 6.33. The third kappa shape index (κ3) is 5.58. The van der Waals surface area contributed by atoms with Crippen molar-refractivity contribution >= 4 is 24.0 Å². The van der Waals surface area contributed by atoms with E-state index in [0.717, 1.165) is 42.2 Å². The second kappa shape index (κ2) is 10.5. The first kappa shape index (κ1) is 21.5. The van der Waals surface area contributed by atoms with E-state index >= 15 is 0 Å². The summed E-state index contributed by atoms with van der Waals surface area (Å²) >= 11 is 6.33. The topological polar surface area (TPSA) is 49.0 Å². The van der Waals surface area contributed by atoms with Crippen LogP contribution in [0.15, 0.2) is 30.3 Å². The predicted molar refractivity (Wildman–Crippen MR) is 109 cm³/mol. The van der Waals surface area contributed by atoms with E-state index in [4.69, 9.17) is 30.5 Å². The standard InChI is InChI=1S/C20H24ClNO4.ClH/c1-23-17-5-4-14(11-18(17)24-2)6-7-22-13-15-10-16(21)20-19(12-15)25-8-3-9-26-20;/h4-5,10-12,22H,3,6-9,13H2,1-2H3;1H. The first-order valence-electron chi connectivity index (χ1n) is 8.71. The fourth-order valence-electron chi connectivity index (χ4n) is 2.89. The van der Waals surface area contributed by atoms with Gasteiger partial charge in [0.15, 0.2) is 23.0 Å². The number of fused-ring (bicyclic) bond motifs is 1. The van der Waals surface area contributed by atoms with Crippen molar-refractivity contribution in [2.45, 2.75) is 19.4 Å². The first-order valence-corrected chi connectivity index (χ1v) is 9.08. The van der Waals surface area contributed by atoms with E-state index in [2.05, 4.69) is 5.32 Å². The minimum atomic E-state index is 0. The smallest absolute Gasteiger partial charge is 0.179 e. The van der Waals surface area contributed by atoms with Crippen LogP contribution in [0.4, 0.5) is 0 Å². The average Bonchev–Trinajstić information content (AvgIpc) is 2.91. The van der Waals surface area contributed by atoms with Crippen LogP contribution in [0.25, 0.3) is 0 Å². The second-order valence-corrected chi connectivity index (χ2v) is 6.48. The SMILES string of the molecule is COc1ccc(CCNCc2cc(Cl)c3c(c2)OCCCO3)cc1OC.Cl. The zero-order chi connectivity index (χ0) is 18.4. The van der Waals surface area contributed by atoms with E-state index in [0.29, 0.717) is 30.5 Å². The van der Waals surface area contributed by atoms with Crippen LogP contribution in [-0.2, 0) is 13.0 Å². The van der Waals surface area contributed by atoms with Gasteiger partial charge in [-0.25, -0.2) is 0 Å². The largest absolute Gasteiger partial charge is 0.493 e. The fraction of sp³-hybridized carbons (Fsp3) is 0.400. The van der Waals surface area contributed by atoms with E-state index < -0.39 is 0 Å². The van der Waals surface area contributed by atoms with Crippen LogP contribution >= 0.6 is 24.0 Å². The van der Waals surface area contributed by atoms with Gasteiger partial charge in [-0.15, -0.1) is 12.4 Å². The molecule has 0 atom stereocenters. The Hall–Kier alpha value is -1.82. The summed E-state index contributed by atoms with van der Waals surface area (Å²) in [6.07, 6.45) is 1.75. The molecule has 0 unspecified atom stereocenters. The Morgan fingerprint density at radius 1 is 1.00 bits per heavy atom. The fourth-order valence-corrected chi connectivity index (χ4v) is 3.18. The summed E-state index contributed by atoms with van der Waals surface area (Å²) in [5.41, 5.74) is 2.26. The molecule has 0 saturated carbocycles. The van der Waals surface area contributed by atoms with Gasteiger partial charge in [0.2, 0.25) is 0 Å². The van der Waals surface area contributed by atoms with Gasteiger partial charge in [-0.1, -0.05) is 17.7 Å². The molecule has 0 amide bonds. The summed E-state index contributed by atoms with van der Waals surface area (Å²) in [7, 11) is 3.28. The highest BCUT2D eigenvalue weighted by Crippen LogP contribution is 2.38. The van der Waals surface area contributed by atoms with E-state index in [-0.39, 0.29) is 12.4 Å². The lowest BCUT2D eigenvalue weighted by atomic mass is 10.1. The molecule has 5 nitrogen and oxygen atoms in total. The van der Waals surface area contributed by atoms with Crippen molar-refractivity contribution in [2.75, 3.05) is 34.0 Å². The molecule has 0 aromatic heterocycles. The lowest BCUT2D eigenvalue weighted by Gasteiger charge is -2.12. The van der Waals surface area contributed by atoms with Gasteiger partial charge >= 0.3 is 0 Å². The highest BCUT2D eigenvalue weighted by Gasteiger charge is 2.15. The number of halogens is 2. The van der Waals surface area contributed by atoms with Crippen LogP contribution in [0.1, 0.15) is 17.5 Å². The second-order valence-electron chi connectivity index (χ2n) is 6.07. The predicted octanol–water partition coefficient (Wildman–Crippen LogP) is 4.27. The maximum Gasteiger partial charge on any atom is 0.179 e. The molecule has 148 valence electrons. The number of hydrogen-bond acceptors (Lipinski definition) is 5. The highest BCUT2D eigenvalue weighted by atomic mass is 35.5. The normalized spacial score (nSPS) is 12.7. The molecule has 1 N–H and O–H groups in total. The van der Waals surface area contributed by atoms with Crippen molar-refractivity contribution in [3.8, 4) is 23.0 Å². The van der Waals surface area contributed by atoms with Crippen molar-refractivity contribution < 1.29 is 18.9 Å². The summed E-state index contributed by atoms with van der Waals surface area (Å²) in [4.78, 5) is 0. The Labute approximate surface area is 171 Å². The molecule has 0 fully saturated rings. The van der Waals surface area contributed by atoms with Crippen LogP contribution in [-0.4, -0.2) is 34.0 Å². The highest BCUT2D eigenvalue weighted by molar-refractivity contribution is 6.32. The lowest BCUT2D eigenvalue weighted by molar-refractivity contribution is 0.297. The molecule has 27 heavy (non-hydrogen) atoms. The Bertz CT molecular complexity index is 755. The Kier molecular flexibility index (Phi) is 8.35. The van der Waals surface area contributed by atoms with E-state index in [1.165, 1.54) is 5.56 Å². The average molecular weight is 414 g/mol. The van der Waals surface area contributed by atoms with E-state index in [1.807, 2.05) is 30.3 Å². The molecule has 2 aromatic rings. The Balaban J connectivity index is 0.00000261. The van der Waals surface area contributed by atoms with Crippen molar-refractivity contribution in [1.82, 2.24) is 5.32 Å². The molecule has 7 heteroatoms. The third-order valence-corrected chi connectivity index (χ3v) is 4.51. The molecule has 2 aromatic carbocycles. The molecular formula is C20H25Cl2NO4. The number of ether oxygens (including phenoxy) is 4. The zero-order valence-corrected chi connectivity index (χ0v) is 17.1. The van der Waals surface area contributed by atoms with Crippen LogP contribution in [0.5, 0.6) is 23.0 Å². The van der Waals surface area contributed by atoms with Gasteiger partial charge in [-0.3, -0.25) is 0 Å².